The van der Waals surface area contributed by atoms with Crippen molar-refractivity contribution in [3.8, 4) is 0 Å². The smallest absolute Gasteiger partial charge is 0.296 e. The maximum atomic E-state index is 13.9. The number of carbonyl (C=O) groups excluding carboxylic acids is 3. The highest BCUT2D eigenvalue weighted by atomic mass is 19.1. The molecule has 0 bridgehead atoms. The Balaban J connectivity index is 1.83. The topological polar surface area (TPSA) is 80.5 Å². The lowest BCUT2D eigenvalue weighted by Crippen LogP contribution is -2.27. The number of amides is 1. The number of Topliss-reactive ketones (excluding diaryl/α,β-unsaturated/α-hetero) is 1. The van der Waals surface area contributed by atoms with E-state index in [1.165, 1.54) is 11.0 Å². The molecule has 1 saturated heterocycles. The molecule has 7 heteroatoms. The van der Waals surface area contributed by atoms with Crippen molar-refractivity contribution in [2.75, 3.05) is 11.4 Å². The van der Waals surface area contributed by atoms with Gasteiger partial charge in [-0.1, -0.05) is 18.0 Å². The molecule has 1 saturated carbocycles. The summed E-state index contributed by atoms with van der Waals surface area (Å²) in [6, 6.07) is 2.45. The second kappa shape index (κ2) is 4.71. The molecule has 0 atom stereocenters. The van der Waals surface area contributed by atoms with Gasteiger partial charge >= 0.3 is 0 Å². The van der Waals surface area contributed by atoms with Crippen LogP contribution >= 0.6 is 0 Å². The number of halogens is 1. The molecular formula is C16H13FN2O4. The Morgan fingerprint density at radius 3 is 2.70 bits per heavy atom. The maximum Gasteiger partial charge on any atom is 0.296 e. The zero-order valence-corrected chi connectivity index (χ0v) is 12.2. The molecule has 1 aliphatic carbocycles. The van der Waals surface area contributed by atoms with Crippen LogP contribution in [-0.2, 0) is 9.59 Å². The van der Waals surface area contributed by atoms with Gasteiger partial charge in [-0.2, -0.15) is 0 Å². The summed E-state index contributed by atoms with van der Waals surface area (Å²) >= 11 is 0. The van der Waals surface area contributed by atoms with Crippen LogP contribution in [0.25, 0.3) is 11.0 Å². The first-order valence-corrected chi connectivity index (χ1v) is 7.46. The van der Waals surface area contributed by atoms with Crippen LogP contribution in [0.1, 0.15) is 36.0 Å². The third-order valence-corrected chi connectivity index (χ3v) is 4.86. The fourth-order valence-electron chi connectivity index (χ4n) is 3.68. The van der Waals surface area contributed by atoms with E-state index < -0.39 is 22.9 Å². The highest BCUT2D eigenvalue weighted by Crippen LogP contribution is 2.45. The second-order valence-corrected chi connectivity index (χ2v) is 6.21. The molecule has 0 unspecified atom stereocenters. The van der Waals surface area contributed by atoms with Gasteiger partial charge in [0.2, 0.25) is 11.4 Å². The number of ketones is 1. The average molecular weight is 316 g/mol. The summed E-state index contributed by atoms with van der Waals surface area (Å²) in [6.45, 7) is 0.235. The van der Waals surface area contributed by atoms with Gasteiger partial charge in [0.05, 0.1) is 10.8 Å². The Morgan fingerprint density at radius 1 is 1.26 bits per heavy atom. The minimum atomic E-state index is -0.725. The molecule has 1 spiro atoms. The quantitative estimate of drug-likeness (QED) is 0.627. The molecule has 1 aromatic heterocycles. The fraction of sp³-hybridized carbons (Fsp3) is 0.375. The molecule has 2 aromatic rings. The Hall–Kier alpha value is -2.57. The Morgan fingerprint density at radius 2 is 2.00 bits per heavy atom. The van der Waals surface area contributed by atoms with Crippen LogP contribution in [0, 0.1) is 11.2 Å². The van der Waals surface area contributed by atoms with Gasteiger partial charge in [0.25, 0.3) is 5.91 Å². The van der Waals surface area contributed by atoms with Crippen molar-refractivity contribution in [1.29, 1.82) is 0 Å². The summed E-state index contributed by atoms with van der Waals surface area (Å²) in [4.78, 5) is 36.9. The summed E-state index contributed by atoms with van der Waals surface area (Å²) in [5.41, 5.74) is -0.658. The number of fused-ring (bicyclic) bond motifs is 1. The van der Waals surface area contributed by atoms with E-state index in [1.54, 1.807) is 0 Å². The van der Waals surface area contributed by atoms with Crippen LogP contribution in [0.3, 0.4) is 0 Å². The van der Waals surface area contributed by atoms with E-state index in [2.05, 4.69) is 5.16 Å². The van der Waals surface area contributed by atoms with Gasteiger partial charge in [-0.15, -0.1) is 0 Å². The van der Waals surface area contributed by atoms with Gasteiger partial charge in [-0.25, -0.2) is 4.39 Å². The van der Waals surface area contributed by atoms with Gasteiger partial charge < -0.3 is 4.52 Å². The largest absolute Gasteiger partial charge is 0.351 e. The number of nitrogens with zero attached hydrogens (tertiary/aromatic N) is 2. The minimum absolute atomic E-state index is 0.102. The third-order valence-electron chi connectivity index (χ3n) is 4.86. The molecule has 1 aliphatic heterocycles. The lowest BCUT2D eigenvalue weighted by molar-refractivity contribution is -0.138. The zero-order chi connectivity index (χ0) is 16.2. The van der Waals surface area contributed by atoms with Crippen molar-refractivity contribution < 1.29 is 23.3 Å². The normalized spacial score (nSPS) is 20.1. The Labute approximate surface area is 130 Å². The lowest BCUT2D eigenvalue weighted by atomic mass is 9.84. The average Bonchev–Trinajstić information content (AvgIpc) is 3.23. The number of anilines is 1. The van der Waals surface area contributed by atoms with Gasteiger partial charge in [-0.3, -0.25) is 19.3 Å². The predicted molar refractivity (Wildman–Crippen MR) is 77.6 cm³/mol. The van der Waals surface area contributed by atoms with Crippen molar-refractivity contribution in [1.82, 2.24) is 5.16 Å². The lowest BCUT2D eigenvalue weighted by Gasteiger charge is -2.19. The fourth-order valence-corrected chi connectivity index (χ4v) is 3.68. The van der Waals surface area contributed by atoms with Crippen molar-refractivity contribution in [2.45, 2.75) is 25.7 Å². The highest BCUT2D eigenvalue weighted by molar-refractivity contribution is 6.46. The summed E-state index contributed by atoms with van der Waals surface area (Å²) in [5.74, 6) is -1.67. The van der Waals surface area contributed by atoms with E-state index >= 15 is 0 Å². The van der Waals surface area contributed by atoms with E-state index in [4.69, 9.17) is 4.52 Å². The molecule has 1 aromatic carbocycles. The van der Waals surface area contributed by atoms with Crippen molar-refractivity contribution >= 4 is 34.8 Å². The van der Waals surface area contributed by atoms with Crippen LogP contribution in [0.2, 0.25) is 0 Å². The van der Waals surface area contributed by atoms with Gasteiger partial charge in [0, 0.05) is 12.1 Å². The van der Waals surface area contributed by atoms with Gasteiger partial charge in [0.1, 0.15) is 6.29 Å². The Kier molecular flexibility index (Phi) is 2.88. The minimum Gasteiger partial charge on any atom is -0.351 e. The first kappa shape index (κ1) is 14.0. The van der Waals surface area contributed by atoms with Crippen molar-refractivity contribution in [3.05, 3.63) is 23.5 Å². The molecule has 4 rings (SSSR count). The van der Waals surface area contributed by atoms with E-state index in [1.807, 2.05) is 0 Å². The van der Waals surface area contributed by atoms with Gasteiger partial charge in [0.15, 0.2) is 11.6 Å². The molecule has 23 heavy (non-hydrogen) atoms. The molecule has 1 amide bonds. The highest BCUT2D eigenvalue weighted by Gasteiger charge is 2.54. The standard InChI is InChI=1S/C16H13FN2O4/c17-11-6-9(7-20)5-10-12(11)23-18-14(10)19-8-16(3-1-2-4-16)13(21)15(19)22/h5-7H,1-4,8H2. The number of aldehydes is 1. The number of carbonyl (C=O) groups is 3. The monoisotopic (exact) mass is 316 g/mol. The first-order valence-electron chi connectivity index (χ1n) is 7.46. The van der Waals surface area contributed by atoms with Gasteiger partial charge in [-0.05, 0) is 25.0 Å². The molecule has 2 fully saturated rings. The maximum absolute atomic E-state index is 13.9. The number of hydrogen-bond donors (Lipinski definition) is 0. The van der Waals surface area contributed by atoms with E-state index in [0.717, 1.165) is 18.9 Å². The predicted octanol–water partition coefficient (Wildman–Crippen LogP) is 2.26. The summed E-state index contributed by atoms with van der Waals surface area (Å²) < 4.78 is 18.9. The molecule has 0 radical (unpaired) electrons. The van der Waals surface area contributed by atoms with Crippen LogP contribution in [0.15, 0.2) is 16.7 Å². The second-order valence-electron chi connectivity index (χ2n) is 6.21. The number of benzene rings is 1. The number of aromatic nitrogens is 1. The van der Waals surface area contributed by atoms with Crippen LogP contribution in [-0.4, -0.2) is 29.7 Å². The molecule has 2 aliphatic rings. The molecule has 118 valence electrons. The molecule has 6 nitrogen and oxygen atoms in total. The van der Waals surface area contributed by atoms with E-state index in [9.17, 15) is 18.8 Å². The third kappa shape index (κ3) is 1.85. The number of hydrogen-bond acceptors (Lipinski definition) is 5. The molecule has 0 N–H and O–H groups in total. The Bertz CT molecular complexity index is 851. The zero-order valence-electron chi connectivity index (χ0n) is 12.2. The van der Waals surface area contributed by atoms with Crippen LogP contribution in [0.5, 0.6) is 0 Å². The van der Waals surface area contributed by atoms with Crippen LogP contribution in [0.4, 0.5) is 10.2 Å². The summed E-state index contributed by atoms with van der Waals surface area (Å²) in [5, 5.41) is 4.00. The summed E-state index contributed by atoms with van der Waals surface area (Å²) in [7, 11) is 0. The number of rotatable bonds is 2. The van der Waals surface area contributed by atoms with E-state index in [-0.39, 0.29) is 28.9 Å². The first-order chi connectivity index (χ1) is 11.1. The van der Waals surface area contributed by atoms with E-state index in [0.29, 0.717) is 19.1 Å². The van der Waals surface area contributed by atoms with Crippen LogP contribution < -0.4 is 4.90 Å². The molecular weight excluding hydrogens is 303 g/mol. The van der Waals surface area contributed by atoms with Crippen molar-refractivity contribution in [2.24, 2.45) is 5.41 Å². The molecule has 2 heterocycles. The van der Waals surface area contributed by atoms with Crippen molar-refractivity contribution in [3.63, 3.8) is 0 Å². The SMILES string of the molecule is O=Cc1cc(F)c2onc(N3CC4(CCCC4)C(=O)C3=O)c2c1. The summed E-state index contributed by atoms with van der Waals surface area (Å²) in [6.07, 6.45) is 3.69.